The fourth-order valence-corrected chi connectivity index (χ4v) is 1.29. The second-order valence-electron chi connectivity index (χ2n) is 2.62. The van der Waals surface area contributed by atoms with Gasteiger partial charge < -0.3 is 0 Å². The third-order valence-corrected chi connectivity index (χ3v) is 2.53. The van der Waals surface area contributed by atoms with Gasteiger partial charge in [0.2, 0.25) is 0 Å². The highest BCUT2D eigenvalue weighted by Crippen LogP contribution is 2.15. The molecule has 0 unspecified atom stereocenters. The lowest BCUT2D eigenvalue weighted by atomic mass is 10.3. The first-order chi connectivity index (χ1) is 6.70. The molecule has 0 radical (unpaired) electrons. The average Bonchev–Trinajstić information content (AvgIpc) is 2.25. The maximum atomic E-state index is 5.20. The second kappa shape index (κ2) is 12.4. The van der Waals surface area contributed by atoms with Crippen molar-refractivity contribution in [1.82, 2.24) is 0 Å². The fraction of sp³-hybridized carbons (Fsp3) is 0.538. The average molecular weight is 210 g/mol. The van der Waals surface area contributed by atoms with Crippen LogP contribution >= 0.6 is 11.8 Å². The molecular formula is C13H22S. The van der Waals surface area contributed by atoms with Crippen LogP contribution in [0, 0.1) is 12.3 Å². The lowest BCUT2D eigenvalue weighted by Crippen LogP contribution is -1.74. The lowest BCUT2D eigenvalue weighted by molar-refractivity contribution is 1.11. The standard InChI is InChI=1S/C11H16S.C2H6/c1-5-9-12-11(4)8-7-10(3)6-2;1-2/h2,7-8H,5,9H2,1,3-4H3;1-2H3/b10-7-,11-8+;. The zero-order valence-electron chi connectivity index (χ0n) is 10.1. The van der Waals surface area contributed by atoms with Crippen LogP contribution in [0.3, 0.4) is 0 Å². The number of rotatable bonds is 4. The van der Waals surface area contributed by atoms with Crippen molar-refractivity contribution >= 4 is 11.8 Å². The number of thioether (sulfide) groups is 1. The Balaban J connectivity index is 0. The smallest absolute Gasteiger partial charge is 0.00132 e. The molecule has 14 heavy (non-hydrogen) atoms. The van der Waals surface area contributed by atoms with E-state index in [-0.39, 0.29) is 0 Å². The van der Waals surface area contributed by atoms with Crippen LogP contribution in [-0.2, 0) is 0 Å². The van der Waals surface area contributed by atoms with Crippen molar-refractivity contribution in [2.75, 3.05) is 5.75 Å². The quantitative estimate of drug-likeness (QED) is 0.481. The van der Waals surface area contributed by atoms with Crippen LogP contribution in [-0.4, -0.2) is 5.75 Å². The molecule has 0 aliphatic rings. The predicted molar refractivity (Wildman–Crippen MR) is 70.4 cm³/mol. The van der Waals surface area contributed by atoms with E-state index in [0.29, 0.717) is 0 Å². The van der Waals surface area contributed by atoms with E-state index in [1.807, 2.05) is 38.6 Å². The molecule has 0 N–H and O–H groups in total. The molecule has 0 aliphatic heterocycles. The molecule has 0 nitrogen and oxygen atoms in total. The molecular weight excluding hydrogens is 188 g/mol. The van der Waals surface area contributed by atoms with E-state index >= 15 is 0 Å². The highest BCUT2D eigenvalue weighted by Gasteiger charge is 1.87. The van der Waals surface area contributed by atoms with E-state index in [1.54, 1.807) is 0 Å². The highest BCUT2D eigenvalue weighted by atomic mass is 32.2. The molecule has 0 spiro atoms. The molecule has 0 amide bonds. The van der Waals surface area contributed by atoms with Gasteiger partial charge in [0.05, 0.1) is 0 Å². The van der Waals surface area contributed by atoms with Gasteiger partial charge in [0.25, 0.3) is 0 Å². The Bertz CT molecular complexity index is 216. The van der Waals surface area contributed by atoms with Crippen molar-refractivity contribution < 1.29 is 0 Å². The van der Waals surface area contributed by atoms with Gasteiger partial charge in [-0.15, -0.1) is 18.2 Å². The maximum Gasteiger partial charge on any atom is -0.00132 e. The van der Waals surface area contributed by atoms with Gasteiger partial charge in [-0.25, -0.2) is 0 Å². The normalized spacial score (nSPS) is 11.4. The summed E-state index contributed by atoms with van der Waals surface area (Å²) in [4.78, 5) is 1.33. The van der Waals surface area contributed by atoms with E-state index in [1.165, 1.54) is 17.1 Å². The van der Waals surface area contributed by atoms with Crippen LogP contribution in [0.2, 0.25) is 0 Å². The monoisotopic (exact) mass is 210 g/mol. The van der Waals surface area contributed by atoms with E-state index in [0.717, 1.165) is 5.57 Å². The first-order valence-corrected chi connectivity index (χ1v) is 6.13. The van der Waals surface area contributed by atoms with Crippen LogP contribution in [0.15, 0.2) is 22.6 Å². The van der Waals surface area contributed by atoms with Gasteiger partial charge in [-0.3, -0.25) is 0 Å². The Kier molecular flexibility index (Phi) is 14.0. The Hall–Kier alpha value is -0.610. The minimum Gasteiger partial charge on any atom is -0.131 e. The van der Waals surface area contributed by atoms with Crippen LogP contribution in [0.4, 0.5) is 0 Å². The van der Waals surface area contributed by atoms with Crippen molar-refractivity contribution in [2.24, 2.45) is 0 Å². The highest BCUT2D eigenvalue weighted by molar-refractivity contribution is 8.03. The second-order valence-corrected chi connectivity index (χ2v) is 3.96. The molecule has 1 heteroatoms. The summed E-state index contributed by atoms with van der Waals surface area (Å²) in [5.41, 5.74) is 0.978. The minimum absolute atomic E-state index is 0.978. The maximum absolute atomic E-state index is 5.20. The summed E-state index contributed by atoms with van der Waals surface area (Å²) in [6.45, 7) is 10.2. The molecule has 0 aromatic heterocycles. The fourth-order valence-electron chi connectivity index (χ4n) is 0.602. The summed E-state index contributed by atoms with van der Waals surface area (Å²) in [6.07, 6.45) is 10.5. The molecule has 80 valence electrons. The van der Waals surface area contributed by atoms with Crippen molar-refractivity contribution in [3.63, 3.8) is 0 Å². The molecule has 0 heterocycles. The molecule has 0 rings (SSSR count). The Morgan fingerprint density at radius 3 is 2.29 bits per heavy atom. The topological polar surface area (TPSA) is 0 Å². The number of hydrogen-bond donors (Lipinski definition) is 0. The third kappa shape index (κ3) is 11.4. The summed E-state index contributed by atoms with van der Waals surface area (Å²) < 4.78 is 0. The van der Waals surface area contributed by atoms with Gasteiger partial charge in [0, 0.05) is 0 Å². The molecule has 0 aromatic rings. The summed E-state index contributed by atoms with van der Waals surface area (Å²) in [5.74, 6) is 3.77. The first-order valence-electron chi connectivity index (χ1n) is 5.15. The molecule has 0 atom stereocenters. The number of allylic oxidation sites excluding steroid dienone is 4. The van der Waals surface area contributed by atoms with Crippen molar-refractivity contribution in [2.45, 2.75) is 41.0 Å². The van der Waals surface area contributed by atoms with Crippen LogP contribution in [0.5, 0.6) is 0 Å². The molecule has 0 saturated carbocycles. The van der Waals surface area contributed by atoms with Gasteiger partial charge in [-0.05, 0) is 36.5 Å². The summed E-state index contributed by atoms with van der Waals surface area (Å²) >= 11 is 1.88. The zero-order chi connectivity index (χ0) is 11.4. The van der Waals surface area contributed by atoms with Gasteiger partial charge in [0.15, 0.2) is 0 Å². The summed E-state index contributed by atoms with van der Waals surface area (Å²) in [7, 11) is 0. The largest absolute Gasteiger partial charge is 0.131 e. The Morgan fingerprint density at radius 1 is 1.29 bits per heavy atom. The van der Waals surface area contributed by atoms with E-state index in [4.69, 9.17) is 6.42 Å². The van der Waals surface area contributed by atoms with Gasteiger partial charge in [0.1, 0.15) is 0 Å². The van der Waals surface area contributed by atoms with E-state index in [9.17, 15) is 0 Å². The lowest BCUT2D eigenvalue weighted by Gasteiger charge is -1.96. The molecule has 0 aliphatic carbocycles. The van der Waals surface area contributed by atoms with Crippen molar-refractivity contribution in [3.05, 3.63) is 22.6 Å². The number of hydrogen-bond acceptors (Lipinski definition) is 1. The summed E-state index contributed by atoms with van der Waals surface area (Å²) in [5, 5.41) is 0. The van der Waals surface area contributed by atoms with Crippen molar-refractivity contribution in [1.29, 1.82) is 0 Å². The van der Waals surface area contributed by atoms with Gasteiger partial charge in [-0.1, -0.05) is 38.8 Å². The molecule has 0 aromatic carbocycles. The van der Waals surface area contributed by atoms with Crippen LogP contribution in [0.1, 0.15) is 41.0 Å². The van der Waals surface area contributed by atoms with Crippen LogP contribution < -0.4 is 0 Å². The van der Waals surface area contributed by atoms with E-state index in [2.05, 4.69) is 25.8 Å². The molecule has 0 saturated heterocycles. The van der Waals surface area contributed by atoms with Crippen molar-refractivity contribution in [3.8, 4) is 12.3 Å². The zero-order valence-corrected chi connectivity index (χ0v) is 10.9. The minimum atomic E-state index is 0.978. The van der Waals surface area contributed by atoms with Crippen LogP contribution in [0.25, 0.3) is 0 Å². The van der Waals surface area contributed by atoms with E-state index < -0.39 is 0 Å². The summed E-state index contributed by atoms with van der Waals surface area (Å²) in [6, 6.07) is 0. The Labute approximate surface area is 93.9 Å². The Morgan fingerprint density at radius 2 is 1.86 bits per heavy atom. The van der Waals surface area contributed by atoms with Gasteiger partial charge in [-0.2, -0.15) is 0 Å². The predicted octanol–water partition coefficient (Wildman–Crippen LogP) is 4.64. The number of terminal acetylenes is 1. The molecule has 0 bridgehead atoms. The third-order valence-electron chi connectivity index (χ3n) is 1.33. The first kappa shape index (κ1) is 15.8. The molecule has 0 fully saturated rings. The van der Waals surface area contributed by atoms with Gasteiger partial charge >= 0.3 is 0 Å². The SMILES string of the molecule is C#C/C(C)=C\C=C(/C)SCCC.CC.